The molecule has 2 amide bonds. The molecule has 10 heteroatoms. The first-order valence-electron chi connectivity index (χ1n) is 10.8. The summed E-state index contributed by atoms with van der Waals surface area (Å²) in [6, 6.07) is 13.7. The lowest BCUT2D eigenvalue weighted by atomic mass is 10.1. The number of nitrogens with zero attached hydrogens (tertiary/aromatic N) is 1. The Kier molecular flexibility index (Phi) is 5.87. The van der Waals surface area contributed by atoms with Crippen LogP contribution in [0.2, 0.25) is 0 Å². The molecule has 0 radical (unpaired) electrons. The SMILES string of the molecule is COc1cc(C(=O)Nc2cc(NC(=O)c3ccc4c(c3)OCCO4)ccc2C)cc2sc(N)nc12. The van der Waals surface area contributed by atoms with E-state index in [2.05, 4.69) is 15.6 Å². The van der Waals surface area contributed by atoms with Crippen molar-refractivity contribution in [3.8, 4) is 17.2 Å². The van der Waals surface area contributed by atoms with Gasteiger partial charge >= 0.3 is 0 Å². The van der Waals surface area contributed by atoms with Gasteiger partial charge in [-0.05, 0) is 55.0 Å². The second-order valence-corrected chi connectivity index (χ2v) is 8.94. The highest BCUT2D eigenvalue weighted by Crippen LogP contribution is 2.33. The van der Waals surface area contributed by atoms with E-state index in [0.717, 1.165) is 10.3 Å². The number of nitrogens with two attached hydrogens (primary N) is 1. The van der Waals surface area contributed by atoms with Crippen LogP contribution in [0.25, 0.3) is 10.2 Å². The van der Waals surface area contributed by atoms with Crippen LogP contribution in [0.3, 0.4) is 0 Å². The first-order valence-corrected chi connectivity index (χ1v) is 11.6. The summed E-state index contributed by atoms with van der Waals surface area (Å²) < 4.78 is 17.2. The zero-order valence-electron chi connectivity index (χ0n) is 19.0. The van der Waals surface area contributed by atoms with Gasteiger partial charge in [-0.2, -0.15) is 0 Å². The van der Waals surface area contributed by atoms with E-state index in [1.54, 1.807) is 42.5 Å². The molecule has 5 rings (SSSR count). The van der Waals surface area contributed by atoms with E-state index >= 15 is 0 Å². The van der Waals surface area contributed by atoms with Crippen molar-refractivity contribution in [2.75, 3.05) is 36.7 Å². The van der Waals surface area contributed by atoms with Crippen molar-refractivity contribution in [2.45, 2.75) is 6.92 Å². The van der Waals surface area contributed by atoms with E-state index in [-0.39, 0.29) is 11.8 Å². The van der Waals surface area contributed by atoms with E-state index in [1.807, 2.05) is 13.0 Å². The average Bonchev–Trinajstić information content (AvgIpc) is 3.25. The molecule has 4 N–H and O–H groups in total. The molecule has 0 spiro atoms. The Morgan fingerprint density at radius 2 is 1.74 bits per heavy atom. The van der Waals surface area contributed by atoms with Gasteiger partial charge in [-0.1, -0.05) is 17.4 Å². The Bertz CT molecular complexity index is 1470. The summed E-state index contributed by atoms with van der Waals surface area (Å²) in [7, 11) is 1.52. The Labute approximate surface area is 204 Å². The van der Waals surface area contributed by atoms with Crippen molar-refractivity contribution in [1.82, 2.24) is 4.98 Å². The van der Waals surface area contributed by atoms with Crippen LogP contribution in [-0.2, 0) is 0 Å². The number of hydrogen-bond donors (Lipinski definition) is 3. The fourth-order valence-electron chi connectivity index (χ4n) is 3.72. The summed E-state index contributed by atoms with van der Waals surface area (Å²) in [4.78, 5) is 30.1. The van der Waals surface area contributed by atoms with Gasteiger partial charge in [0.05, 0.1) is 11.8 Å². The van der Waals surface area contributed by atoms with Crippen LogP contribution in [0.5, 0.6) is 17.2 Å². The molecule has 0 saturated heterocycles. The number of benzene rings is 3. The molecule has 2 heterocycles. The summed E-state index contributed by atoms with van der Waals surface area (Å²) >= 11 is 1.28. The number of hydrogen-bond acceptors (Lipinski definition) is 8. The lowest BCUT2D eigenvalue weighted by Gasteiger charge is -2.18. The number of amides is 2. The molecule has 0 atom stereocenters. The van der Waals surface area contributed by atoms with Gasteiger partial charge in [0.25, 0.3) is 11.8 Å². The topological polar surface area (TPSA) is 125 Å². The number of carbonyl (C=O) groups is 2. The quantitative estimate of drug-likeness (QED) is 0.377. The Morgan fingerprint density at radius 3 is 2.54 bits per heavy atom. The molecule has 0 saturated carbocycles. The molecular weight excluding hydrogens is 468 g/mol. The highest BCUT2D eigenvalue weighted by molar-refractivity contribution is 7.22. The second-order valence-electron chi connectivity index (χ2n) is 7.87. The molecule has 0 aliphatic carbocycles. The van der Waals surface area contributed by atoms with E-state index in [4.69, 9.17) is 19.9 Å². The third kappa shape index (κ3) is 4.56. The molecule has 4 aromatic rings. The largest absolute Gasteiger partial charge is 0.494 e. The molecule has 1 aliphatic rings. The standard InChI is InChI=1S/C25H22N4O5S/c1-13-3-5-16(27-23(30)14-4-6-18-19(9-14)34-8-7-33-18)12-17(13)28-24(31)15-10-20(32-2)22-21(11-15)35-25(26)29-22/h3-6,9-12H,7-8H2,1-2H3,(H2,26,29)(H,27,30)(H,28,31). The van der Waals surface area contributed by atoms with Gasteiger partial charge in [0, 0.05) is 22.5 Å². The maximum atomic E-state index is 13.0. The third-order valence-electron chi connectivity index (χ3n) is 5.51. The number of thiazole rings is 1. The molecule has 1 aliphatic heterocycles. The normalized spacial score (nSPS) is 12.3. The van der Waals surface area contributed by atoms with Crippen molar-refractivity contribution < 1.29 is 23.8 Å². The van der Waals surface area contributed by atoms with Crippen LogP contribution >= 0.6 is 11.3 Å². The smallest absolute Gasteiger partial charge is 0.255 e. The van der Waals surface area contributed by atoms with Gasteiger partial charge in [-0.15, -0.1) is 0 Å². The number of rotatable bonds is 5. The Balaban J connectivity index is 1.35. The number of ether oxygens (including phenoxy) is 3. The highest BCUT2D eigenvalue weighted by atomic mass is 32.1. The fourth-order valence-corrected chi connectivity index (χ4v) is 4.51. The number of aromatic nitrogens is 1. The van der Waals surface area contributed by atoms with Crippen LogP contribution in [-0.4, -0.2) is 37.1 Å². The number of nitrogens with one attached hydrogen (secondary N) is 2. The van der Waals surface area contributed by atoms with Crippen molar-refractivity contribution in [3.63, 3.8) is 0 Å². The number of nitrogen functional groups attached to an aromatic ring is 1. The van der Waals surface area contributed by atoms with Gasteiger partial charge in [-0.25, -0.2) is 4.98 Å². The van der Waals surface area contributed by atoms with Crippen LogP contribution in [0.4, 0.5) is 16.5 Å². The first-order chi connectivity index (χ1) is 16.9. The minimum atomic E-state index is -0.324. The number of carbonyl (C=O) groups excluding carboxylic acids is 2. The third-order valence-corrected chi connectivity index (χ3v) is 6.34. The van der Waals surface area contributed by atoms with E-state index in [1.165, 1.54) is 18.4 Å². The maximum Gasteiger partial charge on any atom is 0.255 e. The molecule has 0 unspecified atom stereocenters. The van der Waals surface area contributed by atoms with Crippen molar-refractivity contribution in [2.24, 2.45) is 0 Å². The van der Waals surface area contributed by atoms with Gasteiger partial charge in [-0.3, -0.25) is 9.59 Å². The highest BCUT2D eigenvalue weighted by Gasteiger charge is 2.17. The monoisotopic (exact) mass is 490 g/mol. The zero-order valence-corrected chi connectivity index (χ0v) is 19.8. The van der Waals surface area contributed by atoms with Crippen molar-refractivity contribution in [3.05, 3.63) is 65.2 Å². The Morgan fingerprint density at radius 1 is 0.971 bits per heavy atom. The van der Waals surface area contributed by atoms with Crippen LogP contribution < -0.4 is 30.6 Å². The molecule has 3 aromatic carbocycles. The zero-order chi connectivity index (χ0) is 24.5. The molecule has 0 fully saturated rings. The van der Waals surface area contributed by atoms with Crippen molar-refractivity contribution in [1.29, 1.82) is 0 Å². The van der Waals surface area contributed by atoms with E-state index in [9.17, 15) is 9.59 Å². The molecule has 35 heavy (non-hydrogen) atoms. The number of aryl methyl sites for hydroxylation is 1. The van der Waals surface area contributed by atoms with Gasteiger partial charge in [0.1, 0.15) is 24.5 Å². The predicted octanol–water partition coefficient (Wildman–Crippen LogP) is 4.47. The maximum absolute atomic E-state index is 13.0. The Hall–Kier alpha value is -4.31. The summed E-state index contributed by atoms with van der Waals surface area (Å²) in [5, 5.41) is 6.17. The van der Waals surface area contributed by atoms with Crippen LogP contribution in [0, 0.1) is 6.92 Å². The number of anilines is 3. The average molecular weight is 491 g/mol. The van der Waals surface area contributed by atoms with Crippen LogP contribution in [0.1, 0.15) is 26.3 Å². The van der Waals surface area contributed by atoms with Crippen molar-refractivity contribution >= 4 is 49.9 Å². The molecule has 178 valence electrons. The first kappa shape index (κ1) is 22.5. The lowest BCUT2D eigenvalue weighted by Crippen LogP contribution is -2.17. The second kappa shape index (κ2) is 9.15. The van der Waals surface area contributed by atoms with Gasteiger partial charge in [0.2, 0.25) is 0 Å². The lowest BCUT2D eigenvalue weighted by molar-refractivity contribution is 0.101. The summed E-state index contributed by atoms with van der Waals surface area (Å²) in [6.07, 6.45) is 0. The summed E-state index contributed by atoms with van der Waals surface area (Å²) in [5.41, 5.74) is 9.22. The van der Waals surface area contributed by atoms with E-state index in [0.29, 0.717) is 63.6 Å². The molecule has 0 bridgehead atoms. The molecule has 1 aromatic heterocycles. The van der Waals surface area contributed by atoms with Gasteiger partial charge in [0.15, 0.2) is 16.6 Å². The minimum Gasteiger partial charge on any atom is -0.494 e. The fraction of sp³-hybridized carbons (Fsp3) is 0.160. The number of fused-ring (bicyclic) bond motifs is 2. The minimum absolute atomic E-state index is 0.305. The molecule has 9 nitrogen and oxygen atoms in total. The van der Waals surface area contributed by atoms with Gasteiger partial charge < -0.3 is 30.6 Å². The van der Waals surface area contributed by atoms with E-state index < -0.39 is 0 Å². The summed E-state index contributed by atoms with van der Waals surface area (Å²) in [5.74, 6) is 0.995. The molecular formula is C25H22N4O5S. The number of methoxy groups -OCH3 is 1. The summed E-state index contributed by atoms with van der Waals surface area (Å²) in [6.45, 7) is 2.79. The predicted molar refractivity (Wildman–Crippen MR) is 135 cm³/mol. The van der Waals surface area contributed by atoms with Crippen LogP contribution in [0.15, 0.2) is 48.5 Å².